The number of likely N-dealkylation sites (N-methyl/N-ethyl adjacent to an activating group) is 1. The maximum Gasteiger partial charge on any atom is 0.303 e. The fourth-order valence-corrected chi connectivity index (χ4v) is 3.44. The second-order valence-corrected chi connectivity index (χ2v) is 7.61. The molecule has 1 amide bonds. The lowest BCUT2D eigenvalue weighted by Crippen LogP contribution is -2.33. The molecule has 0 spiro atoms. The van der Waals surface area contributed by atoms with Crippen molar-refractivity contribution in [2.24, 2.45) is 7.05 Å². The lowest BCUT2D eigenvalue weighted by Gasteiger charge is -2.24. The lowest BCUT2D eigenvalue weighted by molar-refractivity contribution is -0.136. The predicted molar refractivity (Wildman–Crippen MR) is 134 cm³/mol. The molecule has 2 aromatic rings. The smallest absolute Gasteiger partial charge is 0.303 e. The highest BCUT2D eigenvalue weighted by atomic mass is 16.4. The zero-order chi connectivity index (χ0) is 25.1. The normalized spacial score (nSPS) is 12.9. The number of nitrogens with zero attached hydrogens (tertiary/aromatic N) is 4. The van der Waals surface area contributed by atoms with Gasteiger partial charge in [0.2, 0.25) is 0 Å². The molecule has 0 bridgehead atoms. The minimum Gasteiger partial charge on any atom is -0.481 e. The van der Waals surface area contributed by atoms with Crippen molar-refractivity contribution >= 4 is 17.7 Å². The Morgan fingerprint density at radius 3 is 2.33 bits per heavy atom. The molecule has 2 heterocycles. The van der Waals surface area contributed by atoms with Gasteiger partial charge in [-0.3, -0.25) is 14.3 Å². The van der Waals surface area contributed by atoms with E-state index < -0.39 is 5.97 Å². The van der Waals surface area contributed by atoms with Crippen LogP contribution < -0.4 is 4.90 Å². The van der Waals surface area contributed by atoms with Crippen LogP contribution in [0.2, 0.25) is 0 Å². The number of benzene rings is 1. The largest absolute Gasteiger partial charge is 0.481 e. The molecule has 1 aromatic carbocycles. The van der Waals surface area contributed by atoms with E-state index in [1.807, 2.05) is 77.9 Å². The average Bonchev–Trinajstić information content (AvgIpc) is 3.11. The van der Waals surface area contributed by atoms with Gasteiger partial charge in [-0.15, -0.1) is 0 Å². The molecule has 0 saturated carbocycles. The average molecular weight is 455 g/mol. The first-order valence-corrected chi connectivity index (χ1v) is 11.3. The number of aryl methyl sites for hydroxylation is 3. The van der Waals surface area contributed by atoms with E-state index in [0.717, 1.165) is 28.2 Å². The number of carboxylic acids is 1. The van der Waals surface area contributed by atoms with Crippen LogP contribution in [-0.2, 0) is 24.8 Å². The van der Waals surface area contributed by atoms with Crippen LogP contribution in [0.5, 0.6) is 0 Å². The van der Waals surface area contributed by atoms with Crippen molar-refractivity contribution < 1.29 is 14.7 Å². The molecule has 0 saturated heterocycles. The fourth-order valence-electron chi connectivity index (χ4n) is 3.44. The Labute approximate surface area is 198 Å². The van der Waals surface area contributed by atoms with Crippen molar-refractivity contribution in [1.82, 2.24) is 14.7 Å². The Balaban J connectivity index is 0.000000820. The maximum atomic E-state index is 13.1. The molecule has 1 aromatic heterocycles. The summed E-state index contributed by atoms with van der Waals surface area (Å²) in [7, 11) is 3.80. The molecule has 0 atom stereocenters. The summed E-state index contributed by atoms with van der Waals surface area (Å²) < 4.78 is 1.79. The summed E-state index contributed by atoms with van der Waals surface area (Å²) in [6.45, 7) is 14.9. The van der Waals surface area contributed by atoms with Crippen molar-refractivity contribution in [2.75, 3.05) is 18.5 Å². The number of carbonyl (C=O) groups is 2. The second-order valence-electron chi connectivity index (χ2n) is 7.61. The van der Waals surface area contributed by atoms with Gasteiger partial charge in [0.15, 0.2) is 0 Å². The molecule has 1 N–H and O–H groups in total. The highest BCUT2D eigenvalue weighted by Crippen LogP contribution is 2.28. The van der Waals surface area contributed by atoms with E-state index >= 15 is 0 Å². The number of hydrogen-bond donors (Lipinski definition) is 1. The molecule has 3 rings (SSSR count). The second kappa shape index (κ2) is 13.3. The number of amides is 1. The van der Waals surface area contributed by atoms with Crippen LogP contribution in [0.25, 0.3) is 0 Å². The number of rotatable bonds is 4. The van der Waals surface area contributed by atoms with Gasteiger partial charge in [0, 0.05) is 37.3 Å². The van der Waals surface area contributed by atoms with E-state index in [2.05, 4.69) is 11.7 Å². The molecule has 0 unspecified atom stereocenters. The fraction of sp³-hybridized carbons (Fsp3) is 0.423. The topological polar surface area (TPSA) is 78.7 Å². The van der Waals surface area contributed by atoms with Gasteiger partial charge in [0.1, 0.15) is 5.82 Å². The van der Waals surface area contributed by atoms with E-state index in [1.54, 1.807) is 21.8 Å². The molecule has 180 valence electrons. The molecule has 1 aliphatic heterocycles. The third-order valence-electron chi connectivity index (χ3n) is 5.33. The summed E-state index contributed by atoms with van der Waals surface area (Å²) in [6.07, 6.45) is 6.32. The van der Waals surface area contributed by atoms with Gasteiger partial charge in [-0.1, -0.05) is 38.6 Å². The van der Waals surface area contributed by atoms with Crippen LogP contribution in [0.1, 0.15) is 61.2 Å². The van der Waals surface area contributed by atoms with Crippen LogP contribution in [0.15, 0.2) is 48.8 Å². The summed E-state index contributed by atoms with van der Waals surface area (Å²) >= 11 is 0. The SMILES string of the molecule is C/C=C\C.C=C1CN(C(=O)c2ccc(CCC(=O)O)c(C)c2)Cc2cnn(C)c2N1C.CC. The van der Waals surface area contributed by atoms with Crippen molar-refractivity contribution in [3.8, 4) is 0 Å². The summed E-state index contributed by atoms with van der Waals surface area (Å²) in [5, 5.41) is 13.2. The Morgan fingerprint density at radius 2 is 1.79 bits per heavy atom. The molecular formula is C26H38N4O3. The van der Waals surface area contributed by atoms with Gasteiger partial charge in [-0.05, 0) is 50.5 Å². The Morgan fingerprint density at radius 1 is 1.15 bits per heavy atom. The van der Waals surface area contributed by atoms with Gasteiger partial charge < -0.3 is 14.9 Å². The highest BCUT2D eigenvalue weighted by molar-refractivity contribution is 5.95. The van der Waals surface area contributed by atoms with E-state index in [4.69, 9.17) is 5.11 Å². The minimum atomic E-state index is -0.825. The van der Waals surface area contributed by atoms with Crippen molar-refractivity contribution in [3.05, 3.63) is 71.1 Å². The van der Waals surface area contributed by atoms with E-state index in [-0.39, 0.29) is 12.3 Å². The predicted octanol–water partition coefficient (Wildman–Crippen LogP) is 4.96. The quantitative estimate of drug-likeness (QED) is 0.661. The number of aromatic nitrogens is 2. The summed E-state index contributed by atoms with van der Waals surface area (Å²) in [5.41, 5.74) is 4.26. The summed E-state index contributed by atoms with van der Waals surface area (Å²) in [6, 6.07) is 5.45. The van der Waals surface area contributed by atoms with Crippen LogP contribution in [0.3, 0.4) is 0 Å². The van der Waals surface area contributed by atoms with Gasteiger partial charge in [0.05, 0.1) is 19.3 Å². The zero-order valence-electron chi connectivity index (χ0n) is 21.1. The first-order valence-electron chi connectivity index (χ1n) is 11.3. The molecule has 33 heavy (non-hydrogen) atoms. The van der Waals surface area contributed by atoms with Crippen molar-refractivity contribution in [1.29, 1.82) is 0 Å². The monoisotopic (exact) mass is 454 g/mol. The highest BCUT2D eigenvalue weighted by Gasteiger charge is 2.27. The van der Waals surface area contributed by atoms with Gasteiger partial charge >= 0.3 is 5.97 Å². The Bertz CT molecular complexity index is 987. The summed E-state index contributed by atoms with van der Waals surface area (Å²) in [4.78, 5) is 27.6. The molecule has 0 aliphatic carbocycles. The Hall–Kier alpha value is -3.35. The molecule has 7 heteroatoms. The zero-order valence-corrected chi connectivity index (χ0v) is 21.1. The number of anilines is 1. The van der Waals surface area contributed by atoms with Gasteiger partial charge in [-0.2, -0.15) is 5.10 Å². The molecule has 0 fully saturated rings. The molecule has 0 radical (unpaired) electrons. The minimum absolute atomic E-state index is 0.0749. The number of allylic oxidation sites excluding steroid dienone is 2. The van der Waals surface area contributed by atoms with Crippen LogP contribution in [0.4, 0.5) is 5.82 Å². The molecule has 7 nitrogen and oxygen atoms in total. The van der Waals surface area contributed by atoms with Gasteiger partial charge in [-0.25, -0.2) is 0 Å². The third kappa shape index (κ3) is 7.34. The molecular weight excluding hydrogens is 416 g/mol. The van der Waals surface area contributed by atoms with E-state index in [1.165, 1.54) is 0 Å². The number of carboxylic acid groups (broad SMARTS) is 1. The van der Waals surface area contributed by atoms with Crippen LogP contribution in [-0.4, -0.2) is 45.3 Å². The number of aliphatic carboxylic acids is 1. The number of carbonyl (C=O) groups excluding carboxylic acids is 1. The van der Waals surface area contributed by atoms with Crippen molar-refractivity contribution in [2.45, 2.75) is 54.0 Å². The molecule has 1 aliphatic rings. The van der Waals surface area contributed by atoms with Crippen molar-refractivity contribution in [3.63, 3.8) is 0 Å². The maximum absolute atomic E-state index is 13.1. The van der Waals surface area contributed by atoms with E-state index in [0.29, 0.717) is 25.1 Å². The number of hydrogen-bond acceptors (Lipinski definition) is 4. The first-order chi connectivity index (χ1) is 15.7. The lowest BCUT2D eigenvalue weighted by atomic mass is 10.0. The van der Waals surface area contributed by atoms with Crippen LogP contribution in [0, 0.1) is 6.92 Å². The Kier molecular flexibility index (Phi) is 11.1. The standard InChI is InChI=1S/C20H24N4O3.C4H8.C2H6/c1-13-9-16(6-5-15(13)7-8-18(25)26)20(27)24-11-14(2)22(3)19-17(12-24)10-21-23(19)4;1-3-4-2;1-2/h5-6,9-10H,2,7-8,11-12H2,1,3-4H3,(H,25,26);3-4H,1-2H3;1-2H3/b;4-3-;. The first kappa shape index (κ1) is 27.7. The third-order valence-corrected chi connectivity index (χ3v) is 5.33. The van der Waals surface area contributed by atoms with E-state index in [9.17, 15) is 9.59 Å². The van der Waals surface area contributed by atoms with Gasteiger partial charge in [0.25, 0.3) is 5.91 Å². The number of fused-ring (bicyclic) bond motifs is 1. The van der Waals surface area contributed by atoms with Crippen LogP contribution >= 0.6 is 0 Å². The summed E-state index contributed by atoms with van der Waals surface area (Å²) in [5.74, 6) is 0.0404.